The molecule has 0 heterocycles. The molecule has 2 atom stereocenters. The number of hydrogen-bond donors (Lipinski definition) is 2. The molecule has 0 saturated heterocycles. The van der Waals surface area contributed by atoms with Gasteiger partial charge in [0, 0.05) is 11.8 Å². The van der Waals surface area contributed by atoms with Gasteiger partial charge in [0.25, 0.3) is 0 Å². The zero-order valence-corrected chi connectivity index (χ0v) is 30.3. The molecule has 9 aromatic carbocycles. The van der Waals surface area contributed by atoms with Crippen molar-refractivity contribution in [2.24, 2.45) is 10.7 Å². The maximum absolute atomic E-state index is 7.09. The minimum Gasteiger partial charge on any atom is -0.312 e. The van der Waals surface area contributed by atoms with Gasteiger partial charge in [0.05, 0.1) is 11.6 Å². The van der Waals surface area contributed by atoms with E-state index in [4.69, 9.17) is 10.7 Å². The molecule has 1 aliphatic carbocycles. The van der Waals surface area contributed by atoms with E-state index in [0.29, 0.717) is 0 Å². The Kier molecular flexibility index (Phi) is 8.18. The normalized spacial score (nSPS) is 14.3. The molecule has 3 nitrogen and oxygen atoms in total. The fraction of sp³-hybridized carbons (Fsp3) is 0.0577. The minimum absolute atomic E-state index is 0.476. The average Bonchev–Trinajstić information content (AvgIpc) is 3.57. The molecule has 0 saturated carbocycles. The highest BCUT2D eigenvalue weighted by atomic mass is 15.1. The average molecular weight is 706 g/mol. The molecule has 0 bridgehead atoms. The fourth-order valence-corrected chi connectivity index (χ4v) is 9.07. The second-order valence-electron chi connectivity index (χ2n) is 14.4. The van der Waals surface area contributed by atoms with E-state index in [2.05, 4.69) is 194 Å². The van der Waals surface area contributed by atoms with Crippen molar-refractivity contribution in [2.75, 3.05) is 0 Å². The molecule has 262 valence electrons. The molecule has 55 heavy (non-hydrogen) atoms. The first kappa shape index (κ1) is 33.0. The highest BCUT2D eigenvalue weighted by Crippen LogP contribution is 2.58. The lowest BCUT2D eigenvalue weighted by Crippen LogP contribution is -2.35. The lowest BCUT2D eigenvalue weighted by molar-refractivity contribution is 0.463. The van der Waals surface area contributed by atoms with Crippen LogP contribution in [0.1, 0.15) is 51.3 Å². The molecule has 9 aromatic rings. The van der Waals surface area contributed by atoms with Gasteiger partial charge in [0.1, 0.15) is 6.17 Å². The first-order valence-electron chi connectivity index (χ1n) is 19.0. The first-order chi connectivity index (χ1) is 27.2. The molecule has 0 spiro atoms. The van der Waals surface area contributed by atoms with E-state index < -0.39 is 17.7 Å². The van der Waals surface area contributed by atoms with Gasteiger partial charge in [-0.1, -0.05) is 194 Å². The number of rotatable bonds is 8. The molecule has 3 N–H and O–H groups in total. The maximum atomic E-state index is 7.09. The standard InChI is InChI=1S/C52H39N3/c53-50(36-18-4-1-5-19-36)55-51(54-34-46-41-25-12-11-20-37(41)33-38-32-31-35-17-10-13-26-42(35)48(38)46)45-29-16-28-44-43-27-14-15-30-47(43)52(49(44)45,39-21-6-2-7-22-39)40-23-8-3-9-24-40/h1-34,50-51,55H,53H2. The zero-order chi connectivity index (χ0) is 36.8. The summed E-state index contributed by atoms with van der Waals surface area (Å²) in [5.41, 5.74) is 17.0. The van der Waals surface area contributed by atoms with Crippen LogP contribution in [0.15, 0.2) is 205 Å². The van der Waals surface area contributed by atoms with Crippen LogP contribution in [0, 0.1) is 0 Å². The van der Waals surface area contributed by atoms with Crippen molar-refractivity contribution < 1.29 is 0 Å². The summed E-state index contributed by atoms with van der Waals surface area (Å²) in [6, 6.07) is 71.7. The van der Waals surface area contributed by atoms with Crippen LogP contribution >= 0.6 is 0 Å². The second kappa shape index (κ2) is 13.6. The SMILES string of the molecule is NC(NC(N=Cc1c2ccccc2cc2ccc3ccccc3c12)c1cccc2c1C(c1ccccc1)(c1ccccc1)c1ccccc1-2)c1ccccc1. The summed E-state index contributed by atoms with van der Waals surface area (Å²) in [4.78, 5) is 5.61. The monoisotopic (exact) mass is 705 g/mol. The van der Waals surface area contributed by atoms with Crippen molar-refractivity contribution in [1.82, 2.24) is 5.32 Å². The van der Waals surface area contributed by atoms with Gasteiger partial charge in [0.2, 0.25) is 0 Å². The number of nitrogens with one attached hydrogen (secondary N) is 1. The number of nitrogens with zero attached hydrogens (tertiary/aromatic N) is 1. The molecule has 10 rings (SSSR count). The molecule has 0 aliphatic heterocycles. The van der Waals surface area contributed by atoms with Crippen LogP contribution in [0.3, 0.4) is 0 Å². The molecular weight excluding hydrogens is 667 g/mol. The molecule has 0 radical (unpaired) electrons. The van der Waals surface area contributed by atoms with Crippen LogP contribution in [0.4, 0.5) is 0 Å². The third kappa shape index (κ3) is 5.40. The Morgan fingerprint density at radius 2 is 1.09 bits per heavy atom. The van der Waals surface area contributed by atoms with Crippen molar-refractivity contribution in [3.8, 4) is 11.1 Å². The van der Waals surface area contributed by atoms with E-state index >= 15 is 0 Å². The molecule has 0 amide bonds. The Bertz CT molecular complexity index is 2820. The minimum atomic E-state index is -0.598. The Balaban J connectivity index is 1.26. The predicted octanol–water partition coefficient (Wildman–Crippen LogP) is 11.9. The maximum Gasteiger partial charge on any atom is 0.127 e. The van der Waals surface area contributed by atoms with E-state index in [9.17, 15) is 0 Å². The molecular formula is C52H39N3. The van der Waals surface area contributed by atoms with Gasteiger partial charge in [-0.05, 0) is 82.9 Å². The predicted molar refractivity (Wildman–Crippen MR) is 230 cm³/mol. The quantitative estimate of drug-likeness (QED) is 0.0716. The smallest absolute Gasteiger partial charge is 0.127 e. The third-order valence-corrected chi connectivity index (χ3v) is 11.4. The lowest BCUT2D eigenvalue weighted by Gasteiger charge is -2.36. The molecule has 3 heteroatoms. The number of aliphatic imine (C=N–C) groups is 1. The summed E-state index contributed by atoms with van der Waals surface area (Å²) in [7, 11) is 0. The third-order valence-electron chi connectivity index (χ3n) is 11.4. The van der Waals surface area contributed by atoms with Gasteiger partial charge in [-0.15, -0.1) is 0 Å². The van der Waals surface area contributed by atoms with Gasteiger partial charge >= 0.3 is 0 Å². The summed E-state index contributed by atoms with van der Waals surface area (Å²) in [6.45, 7) is 0. The number of benzene rings is 9. The van der Waals surface area contributed by atoms with Crippen molar-refractivity contribution in [3.63, 3.8) is 0 Å². The van der Waals surface area contributed by atoms with Crippen LogP contribution in [-0.2, 0) is 5.41 Å². The summed E-state index contributed by atoms with van der Waals surface area (Å²) in [5.74, 6) is 0. The van der Waals surface area contributed by atoms with Gasteiger partial charge in [-0.2, -0.15) is 0 Å². The van der Waals surface area contributed by atoms with Crippen LogP contribution < -0.4 is 11.1 Å². The molecule has 0 aromatic heterocycles. The molecule has 2 unspecified atom stereocenters. The zero-order valence-electron chi connectivity index (χ0n) is 30.3. The van der Waals surface area contributed by atoms with Crippen molar-refractivity contribution in [3.05, 3.63) is 239 Å². The highest BCUT2D eigenvalue weighted by Gasteiger charge is 2.48. The topological polar surface area (TPSA) is 50.4 Å². The highest BCUT2D eigenvalue weighted by molar-refractivity contribution is 6.21. The van der Waals surface area contributed by atoms with Crippen molar-refractivity contribution >= 4 is 38.5 Å². The fourth-order valence-electron chi connectivity index (χ4n) is 9.07. The first-order valence-corrected chi connectivity index (χ1v) is 19.0. The van der Waals surface area contributed by atoms with Gasteiger partial charge in [-0.3, -0.25) is 10.3 Å². The summed E-state index contributed by atoms with van der Waals surface area (Å²) in [5, 5.41) is 11.0. The Morgan fingerprint density at radius 1 is 0.509 bits per heavy atom. The summed E-state index contributed by atoms with van der Waals surface area (Å²) < 4.78 is 0. The van der Waals surface area contributed by atoms with Gasteiger partial charge < -0.3 is 5.73 Å². The van der Waals surface area contributed by atoms with Crippen LogP contribution in [0.2, 0.25) is 0 Å². The number of hydrogen-bond acceptors (Lipinski definition) is 3. The number of nitrogens with two attached hydrogens (primary N) is 1. The van der Waals surface area contributed by atoms with Gasteiger partial charge in [0.15, 0.2) is 0 Å². The summed E-state index contributed by atoms with van der Waals surface area (Å²) >= 11 is 0. The van der Waals surface area contributed by atoms with E-state index in [0.717, 1.165) is 22.1 Å². The largest absolute Gasteiger partial charge is 0.312 e. The Labute approximate surface area is 321 Å². The van der Waals surface area contributed by atoms with E-state index in [1.54, 1.807) is 0 Å². The van der Waals surface area contributed by atoms with E-state index in [-0.39, 0.29) is 0 Å². The van der Waals surface area contributed by atoms with Gasteiger partial charge in [-0.25, -0.2) is 0 Å². The van der Waals surface area contributed by atoms with E-state index in [1.807, 2.05) is 18.2 Å². The molecule has 1 aliphatic rings. The Morgan fingerprint density at radius 3 is 1.84 bits per heavy atom. The lowest BCUT2D eigenvalue weighted by atomic mass is 9.66. The van der Waals surface area contributed by atoms with Crippen LogP contribution in [-0.4, -0.2) is 6.21 Å². The van der Waals surface area contributed by atoms with Crippen LogP contribution in [0.25, 0.3) is 43.4 Å². The van der Waals surface area contributed by atoms with Crippen molar-refractivity contribution in [2.45, 2.75) is 17.7 Å². The van der Waals surface area contributed by atoms with E-state index in [1.165, 1.54) is 60.3 Å². The van der Waals surface area contributed by atoms with Crippen LogP contribution in [0.5, 0.6) is 0 Å². The Hall–Kier alpha value is -6.65. The second-order valence-corrected chi connectivity index (χ2v) is 14.4. The number of fused-ring (bicyclic) bond motifs is 7. The molecule has 0 fully saturated rings. The van der Waals surface area contributed by atoms with Crippen molar-refractivity contribution in [1.29, 1.82) is 0 Å². The summed E-state index contributed by atoms with van der Waals surface area (Å²) in [6.07, 6.45) is 1.12.